The van der Waals surface area contributed by atoms with E-state index in [1.54, 1.807) is 6.20 Å². The first kappa shape index (κ1) is 18.3. The van der Waals surface area contributed by atoms with Gasteiger partial charge in [0.1, 0.15) is 5.82 Å². The van der Waals surface area contributed by atoms with Crippen LogP contribution in [0.1, 0.15) is 18.4 Å². The van der Waals surface area contributed by atoms with Crippen molar-refractivity contribution in [1.82, 2.24) is 15.2 Å². The van der Waals surface area contributed by atoms with E-state index in [0.29, 0.717) is 0 Å². The quantitative estimate of drug-likeness (QED) is 0.859. The molecule has 2 aromatic rings. The second-order valence-electron chi connectivity index (χ2n) is 6.37. The monoisotopic (exact) mass is 361 g/mol. The van der Waals surface area contributed by atoms with Crippen LogP contribution >= 0.6 is 0 Å². The first-order valence-corrected chi connectivity index (χ1v) is 8.58. The summed E-state index contributed by atoms with van der Waals surface area (Å²) in [6, 6.07) is 6.95. The largest absolute Gasteiger partial charge is 0.481 e. The van der Waals surface area contributed by atoms with Crippen LogP contribution in [0.15, 0.2) is 42.7 Å². The molecular weight excluding hydrogens is 340 g/mol. The van der Waals surface area contributed by atoms with E-state index in [9.17, 15) is 13.6 Å². The lowest BCUT2D eigenvalue weighted by molar-refractivity contribution is -0.124. The number of ether oxygens (including phenoxy) is 1. The third-order valence-corrected chi connectivity index (χ3v) is 4.25. The highest BCUT2D eigenvalue weighted by Gasteiger charge is 2.21. The minimum atomic E-state index is -0.821. The number of rotatable bonds is 6. The van der Waals surface area contributed by atoms with Crippen LogP contribution in [0.5, 0.6) is 5.75 Å². The van der Waals surface area contributed by atoms with Crippen LogP contribution in [0, 0.1) is 11.6 Å². The van der Waals surface area contributed by atoms with Crippen molar-refractivity contribution in [3.63, 3.8) is 0 Å². The Morgan fingerprint density at radius 3 is 3.00 bits per heavy atom. The van der Waals surface area contributed by atoms with Crippen molar-refractivity contribution in [2.45, 2.75) is 25.4 Å². The molecule has 0 saturated carbocycles. The van der Waals surface area contributed by atoms with Crippen LogP contribution in [0.2, 0.25) is 0 Å². The lowest BCUT2D eigenvalue weighted by Crippen LogP contribution is -2.48. The minimum Gasteiger partial charge on any atom is -0.481 e. The van der Waals surface area contributed by atoms with Gasteiger partial charge in [-0.3, -0.25) is 14.7 Å². The first-order valence-electron chi connectivity index (χ1n) is 8.58. The molecular formula is C19H21F2N3O2. The molecule has 1 aromatic carbocycles. The number of carbonyl (C=O) groups excluding carboxylic acids is 1. The number of piperidine rings is 1. The number of hydrogen-bond donors (Lipinski definition) is 1. The van der Waals surface area contributed by atoms with Crippen molar-refractivity contribution < 1.29 is 18.3 Å². The Balaban J connectivity index is 1.46. The molecule has 1 saturated heterocycles. The molecule has 1 amide bonds. The van der Waals surface area contributed by atoms with Crippen LogP contribution in [0.3, 0.4) is 0 Å². The highest BCUT2D eigenvalue weighted by molar-refractivity contribution is 5.77. The van der Waals surface area contributed by atoms with Crippen LogP contribution in [0.25, 0.3) is 0 Å². The van der Waals surface area contributed by atoms with Crippen molar-refractivity contribution in [3.8, 4) is 5.75 Å². The molecule has 26 heavy (non-hydrogen) atoms. The third-order valence-electron chi connectivity index (χ3n) is 4.25. The molecule has 0 aliphatic carbocycles. The highest BCUT2D eigenvalue weighted by atomic mass is 19.1. The van der Waals surface area contributed by atoms with Gasteiger partial charge in [0, 0.05) is 37.6 Å². The van der Waals surface area contributed by atoms with Crippen molar-refractivity contribution >= 4 is 5.91 Å². The minimum absolute atomic E-state index is 0.0228. The van der Waals surface area contributed by atoms with E-state index in [-0.39, 0.29) is 24.3 Å². The Hall–Kier alpha value is -2.54. The second-order valence-corrected chi connectivity index (χ2v) is 6.37. The van der Waals surface area contributed by atoms with Crippen molar-refractivity contribution in [1.29, 1.82) is 0 Å². The van der Waals surface area contributed by atoms with Gasteiger partial charge in [-0.05, 0) is 43.1 Å². The number of nitrogens with one attached hydrogen (secondary N) is 1. The smallest absolute Gasteiger partial charge is 0.258 e. The van der Waals surface area contributed by atoms with Crippen LogP contribution in [-0.4, -0.2) is 41.5 Å². The molecule has 1 N–H and O–H groups in total. The van der Waals surface area contributed by atoms with Crippen molar-refractivity contribution in [2.75, 3.05) is 19.7 Å². The van der Waals surface area contributed by atoms with Gasteiger partial charge in [-0.2, -0.15) is 0 Å². The van der Waals surface area contributed by atoms with Crippen molar-refractivity contribution in [3.05, 3.63) is 59.9 Å². The molecule has 2 heterocycles. The van der Waals surface area contributed by atoms with Gasteiger partial charge in [-0.25, -0.2) is 8.78 Å². The molecule has 7 heteroatoms. The van der Waals surface area contributed by atoms with Crippen LogP contribution in [0.4, 0.5) is 8.78 Å². The SMILES string of the molecule is O=C(COc1ccc(F)cc1F)N[C@@H]1CCCN(Cc2cccnc2)C1. The number of pyridine rings is 1. The predicted molar refractivity (Wildman–Crippen MR) is 92.5 cm³/mol. The normalized spacial score (nSPS) is 17.7. The summed E-state index contributed by atoms with van der Waals surface area (Å²) >= 11 is 0. The average Bonchev–Trinajstić information content (AvgIpc) is 2.62. The average molecular weight is 361 g/mol. The Kier molecular flexibility index (Phi) is 6.12. The van der Waals surface area contributed by atoms with E-state index in [2.05, 4.69) is 15.2 Å². The summed E-state index contributed by atoms with van der Waals surface area (Å²) in [5.74, 6) is -1.96. The number of hydrogen-bond acceptors (Lipinski definition) is 4. The summed E-state index contributed by atoms with van der Waals surface area (Å²) in [5.41, 5.74) is 1.13. The Morgan fingerprint density at radius 2 is 2.23 bits per heavy atom. The molecule has 5 nitrogen and oxygen atoms in total. The fourth-order valence-electron chi connectivity index (χ4n) is 3.07. The third kappa shape index (κ3) is 5.23. The van der Waals surface area contributed by atoms with E-state index >= 15 is 0 Å². The molecule has 1 aromatic heterocycles. The molecule has 0 bridgehead atoms. The van der Waals surface area contributed by atoms with Gasteiger partial charge < -0.3 is 10.1 Å². The molecule has 3 rings (SSSR count). The van der Waals surface area contributed by atoms with Gasteiger partial charge in [-0.15, -0.1) is 0 Å². The Bertz CT molecular complexity index is 743. The summed E-state index contributed by atoms with van der Waals surface area (Å²) in [6.45, 7) is 2.20. The van der Waals surface area contributed by atoms with Crippen molar-refractivity contribution in [2.24, 2.45) is 0 Å². The number of likely N-dealkylation sites (tertiary alicyclic amines) is 1. The fourth-order valence-corrected chi connectivity index (χ4v) is 3.07. The zero-order valence-corrected chi connectivity index (χ0v) is 14.3. The zero-order valence-electron chi connectivity index (χ0n) is 14.3. The van der Waals surface area contributed by atoms with Crippen LogP contribution in [-0.2, 0) is 11.3 Å². The Morgan fingerprint density at radius 1 is 1.35 bits per heavy atom. The van der Waals surface area contributed by atoms with Gasteiger partial charge in [0.2, 0.25) is 0 Å². The summed E-state index contributed by atoms with van der Waals surface area (Å²) in [4.78, 5) is 18.5. The summed E-state index contributed by atoms with van der Waals surface area (Å²) in [6.07, 6.45) is 5.46. The number of halogens is 2. The van der Waals surface area contributed by atoms with E-state index in [1.165, 1.54) is 6.07 Å². The van der Waals surface area contributed by atoms with E-state index in [4.69, 9.17) is 4.74 Å². The lowest BCUT2D eigenvalue weighted by Gasteiger charge is -2.33. The summed E-state index contributed by atoms with van der Waals surface area (Å²) < 4.78 is 31.5. The molecule has 1 aliphatic rings. The maximum Gasteiger partial charge on any atom is 0.258 e. The number of carbonyl (C=O) groups is 1. The topological polar surface area (TPSA) is 54.5 Å². The number of benzene rings is 1. The molecule has 138 valence electrons. The zero-order chi connectivity index (χ0) is 18.4. The van der Waals surface area contributed by atoms with Gasteiger partial charge in [0.25, 0.3) is 5.91 Å². The maximum absolute atomic E-state index is 13.5. The molecule has 1 fully saturated rings. The highest BCUT2D eigenvalue weighted by Crippen LogP contribution is 2.17. The van der Waals surface area contributed by atoms with E-state index in [1.807, 2.05) is 18.3 Å². The molecule has 0 spiro atoms. The molecule has 1 atom stereocenters. The van der Waals surface area contributed by atoms with E-state index < -0.39 is 11.6 Å². The van der Waals surface area contributed by atoms with Gasteiger partial charge in [-0.1, -0.05) is 6.07 Å². The Labute approximate surface area is 151 Å². The van der Waals surface area contributed by atoms with Gasteiger partial charge in [0.05, 0.1) is 0 Å². The van der Waals surface area contributed by atoms with Gasteiger partial charge >= 0.3 is 0 Å². The van der Waals surface area contributed by atoms with E-state index in [0.717, 1.165) is 50.2 Å². The molecule has 1 aliphatic heterocycles. The maximum atomic E-state index is 13.5. The predicted octanol–water partition coefficient (Wildman–Crippen LogP) is 2.52. The number of aromatic nitrogens is 1. The van der Waals surface area contributed by atoms with Crippen LogP contribution < -0.4 is 10.1 Å². The lowest BCUT2D eigenvalue weighted by atomic mass is 10.0. The summed E-state index contributed by atoms with van der Waals surface area (Å²) in [5, 5.41) is 2.92. The fraction of sp³-hybridized carbons (Fsp3) is 0.368. The van der Waals surface area contributed by atoms with Gasteiger partial charge in [0.15, 0.2) is 18.2 Å². The molecule has 0 radical (unpaired) electrons. The second kappa shape index (κ2) is 8.71. The first-order chi connectivity index (χ1) is 12.6. The number of nitrogens with zero attached hydrogens (tertiary/aromatic N) is 2. The summed E-state index contributed by atoms with van der Waals surface area (Å²) in [7, 11) is 0. The number of amides is 1. The standard InChI is InChI=1S/C19H21F2N3O2/c20-15-5-6-18(17(21)9-15)26-13-19(25)23-16-4-2-8-24(12-16)11-14-3-1-7-22-10-14/h1,3,5-7,9-10,16H,2,4,8,11-13H2,(H,23,25)/t16-/m1/s1. The molecule has 0 unspecified atom stereocenters.